The minimum Gasteiger partial charge on any atom is -0.339 e. The first-order valence-corrected chi connectivity index (χ1v) is 6.78. The lowest BCUT2D eigenvalue weighted by Crippen LogP contribution is -2.50. The van der Waals surface area contributed by atoms with E-state index >= 15 is 0 Å². The Kier molecular flexibility index (Phi) is 4.05. The third-order valence-electron chi connectivity index (χ3n) is 4.04. The van der Waals surface area contributed by atoms with E-state index in [0.29, 0.717) is 17.9 Å². The Balaban J connectivity index is 1.75. The van der Waals surface area contributed by atoms with Crippen molar-refractivity contribution in [1.82, 2.24) is 15.1 Å². The predicted molar refractivity (Wildman–Crippen MR) is 68.9 cm³/mol. The van der Waals surface area contributed by atoms with E-state index in [4.69, 9.17) is 0 Å². The Bertz CT molecular complexity index is 262. The van der Waals surface area contributed by atoms with Gasteiger partial charge in [-0.25, -0.2) is 0 Å². The van der Waals surface area contributed by atoms with Crippen LogP contribution < -0.4 is 5.32 Å². The summed E-state index contributed by atoms with van der Waals surface area (Å²) in [6.07, 6.45) is 2.42. The zero-order valence-corrected chi connectivity index (χ0v) is 11.2. The summed E-state index contributed by atoms with van der Waals surface area (Å²) in [6.45, 7) is 11.0. The Morgan fingerprint density at radius 2 is 1.71 bits per heavy atom. The molecular weight excluding hydrogens is 214 g/mol. The van der Waals surface area contributed by atoms with E-state index in [1.54, 1.807) is 0 Å². The molecule has 4 heteroatoms. The maximum Gasteiger partial charge on any atom is 0.236 e. The average Bonchev–Trinajstić information content (AvgIpc) is 2.33. The molecule has 2 fully saturated rings. The van der Waals surface area contributed by atoms with Crippen LogP contribution >= 0.6 is 0 Å². The fourth-order valence-electron chi connectivity index (χ4n) is 2.52. The standard InChI is InChI=1S/C13H25N3O/c1-13(2)3-7-15(8-4-13)11-12(17)16-9-5-14-6-10-16/h14H,3-11H2,1-2H3. The maximum atomic E-state index is 12.1. The second kappa shape index (κ2) is 5.36. The van der Waals surface area contributed by atoms with Crippen LogP contribution in [0.3, 0.4) is 0 Å². The third-order valence-corrected chi connectivity index (χ3v) is 4.04. The lowest BCUT2D eigenvalue weighted by atomic mass is 9.83. The van der Waals surface area contributed by atoms with Crippen LogP contribution in [0, 0.1) is 5.41 Å². The number of amides is 1. The zero-order valence-electron chi connectivity index (χ0n) is 11.2. The van der Waals surface area contributed by atoms with Crippen LogP contribution in [0.15, 0.2) is 0 Å². The second-order valence-corrected chi connectivity index (χ2v) is 6.07. The summed E-state index contributed by atoms with van der Waals surface area (Å²) in [5.74, 6) is 0.311. The molecule has 0 aromatic rings. The molecule has 0 bridgehead atoms. The molecule has 0 aromatic carbocycles. The van der Waals surface area contributed by atoms with Gasteiger partial charge in [-0.05, 0) is 31.3 Å². The van der Waals surface area contributed by atoms with Gasteiger partial charge in [0.1, 0.15) is 0 Å². The molecule has 0 atom stereocenters. The van der Waals surface area contributed by atoms with E-state index in [9.17, 15) is 4.79 Å². The molecule has 2 aliphatic heterocycles. The second-order valence-electron chi connectivity index (χ2n) is 6.07. The van der Waals surface area contributed by atoms with Gasteiger partial charge in [0.15, 0.2) is 0 Å². The van der Waals surface area contributed by atoms with Crippen molar-refractivity contribution < 1.29 is 4.79 Å². The fraction of sp³-hybridized carbons (Fsp3) is 0.923. The summed E-state index contributed by atoms with van der Waals surface area (Å²) in [7, 11) is 0. The monoisotopic (exact) mass is 239 g/mol. The lowest BCUT2D eigenvalue weighted by Gasteiger charge is -2.37. The number of likely N-dealkylation sites (tertiary alicyclic amines) is 1. The first-order chi connectivity index (χ1) is 8.07. The molecule has 2 aliphatic rings. The number of hydrogen-bond donors (Lipinski definition) is 1. The zero-order chi connectivity index (χ0) is 12.3. The molecule has 2 rings (SSSR count). The lowest BCUT2D eigenvalue weighted by molar-refractivity contribution is -0.133. The van der Waals surface area contributed by atoms with Crippen LogP contribution in [0.2, 0.25) is 0 Å². The van der Waals surface area contributed by atoms with Gasteiger partial charge < -0.3 is 10.2 Å². The molecule has 0 saturated carbocycles. The molecular formula is C13H25N3O. The highest BCUT2D eigenvalue weighted by molar-refractivity contribution is 5.78. The molecule has 0 aliphatic carbocycles. The van der Waals surface area contributed by atoms with Crippen molar-refractivity contribution in [3.8, 4) is 0 Å². The molecule has 17 heavy (non-hydrogen) atoms. The number of rotatable bonds is 2. The highest BCUT2D eigenvalue weighted by Gasteiger charge is 2.27. The number of hydrogen-bond acceptors (Lipinski definition) is 3. The molecule has 2 saturated heterocycles. The van der Waals surface area contributed by atoms with Crippen molar-refractivity contribution in [3.05, 3.63) is 0 Å². The number of carbonyl (C=O) groups is 1. The largest absolute Gasteiger partial charge is 0.339 e. The summed E-state index contributed by atoms with van der Waals surface area (Å²) in [5.41, 5.74) is 0.467. The van der Waals surface area contributed by atoms with Gasteiger partial charge in [-0.1, -0.05) is 13.8 Å². The summed E-state index contributed by atoms with van der Waals surface area (Å²) < 4.78 is 0. The quantitative estimate of drug-likeness (QED) is 0.764. The van der Waals surface area contributed by atoms with Crippen molar-refractivity contribution in [3.63, 3.8) is 0 Å². The molecule has 0 spiro atoms. The fourth-order valence-corrected chi connectivity index (χ4v) is 2.52. The van der Waals surface area contributed by atoms with E-state index in [0.717, 1.165) is 39.3 Å². The van der Waals surface area contributed by atoms with E-state index in [2.05, 4.69) is 24.1 Å². The Morgan fingerprint density at radius 1 is 1.12 bits per heavy atom. The molecule has 98 valence electrons. The predicted octanol–water partition coefficient (Wildman–Crippen LogP) is 0.540. The van der Waals surface area contributed by atoms with Crippen molar-refractivity contribution in [2.45, 2.75) is 26.7 Å². The van der Waals surface area contributed by atoms with Crippen LogP contribution in [-0.4, -0.2) is 61.5 Å². The van der Waals surface area contributed by atoms with Crippen molar-refractivity contribution in [2.75, 3.05) is 45.8 Å². The van der Waals surface area contributed by atoms with Crippen LogP contribution in [0.4, 0.5) is 0 Å². The van der Waals surface area contributed by atoms with Gasteiger partial charge in [0.05, 0.1) is 6.54 Å². The Morgan fingerprint density at radius 3 is 2.29 bits per heavy atom. The molecule has 1 N–H and O–H groups in total. The topological polar surface area (TPSA) is 35.6 Å². The van der Waals surface area contributed by atoms with Gasteiger partial charge in [0.25, 0.3) is 0 Å². The normalized spacial score (nSPS) is 25.9. The van der Waals surface area contributed by atoms with Gasteiger partial charge in [0, 0.05) is 26.2 Å². The third kappa shape index (κ3) is 3.68. The average molecular weight is 239 g/mol. The van der Waals surface area contributed by atoms with Crippen molar-refractivity contribution in [2.24, 2.45) is 5.41 Å². The Hall–Kier alpha value is -0.610. The Labute approximate surface area is 104 Å². The van der Waals surface area contributed by atoms with Crippen LogP contribution in [0.1, 0.15) is 26.7 Å². The summed E-state index contributed by atoms with van der Waals surface area (Å²) in [4.78, 5) is 16.4. The molecule has 0 radical (unpaired) electrons. The minimum absolute atomic E-state index is 0.311. The summed E-state index contributed by atoms with van der Waals surface area (Å²) >= 11 is 0. The van der Waals surface area contributed by atoms with Gasteiger partial charge in [-0.3, -0.25) is 9.69 Å². The van der Waals surface area contributed by atoms with Crippen LogP contribution in [-0.2, 0) is 4.79 Å². The van der Waals surface area contributed by atoms with Crippen molar-refractivity contribution in [1.29, 1.82) is 0 Å². The number of nitrogens with zero attached hydrogens (tertiary/aromatic N) is 2. The van der Waals surface area contributed by atoms with E-state index in [1.807, 2.05) is 4.90 Å². The van der Waals surface area contributed by atoms with E-state index in [-0.39, 0.29) is 0 Å². The number of carbonyl (C=O) groups excluding carboxylic acids is 1. The van der Waals surface area contributed by atoms with Crippen LogP contribution in [0.25, 0.3) is 0 Å². The smallest absolute Gasteiger partial charge is 0.236 e. The summed E-state index contributed by atoms with van der Waals surface area (Å²) in [6, 6.07) is 0. The first-order valence-electron chi connectivity index (χ1n) is 6.78. The summed E-state index contributed by atoms with van der Waals surface area (Å²) in [5, 5.41) is 3.28. The molecule has 0 unspecified atom stereocenters. The minimum atomic E-state index is 0.311. The first kappa shape index (κ1) is 12.8. The number of nitrogens with one attached hydrogen (secondary N) is 1. The van der Waals surface area contributed by atoms with E-state index < -0.39 is 0 Å². The van der Waals surface area contributed by atoms with Gasteiger partial charge in [-0.2, -0.15) is 0 Å². The molecule has 4 nitrogen and oxygen atoms in total. The van der Waals surface area contributed by atoms with Gasteiger partial charge >= 0.3 is 0 Å². The van der Waals surface area contributed by atoms with Crippen LogP contribution in [0.5, 0.6) is 0 Å². The van der Waals surface area contributed by atoms with Gasteiger partial charge in [0.2, 0.25) is 5.91 Å². The number of piperazine rings is 1. The highest BCUT2D eigenvalue weighted by Crippen LogP contribution is 2.29. The van der Waals surface area contributed by atoms with E-state index in [1.165, 1.54) is 12.8 Å². The molecule has 1 amide bonds. The molecule has 2 heterocycles. The highest BCUT2D eigenvalue weighted by atomic mass is 16.2. The van der Waals surface area contributed by atoms with Gasteiger partial charge in [-0.15, -0.1) is 0 Å². The SMILES string of the molecule is CC1(C)CCN(CC(=O)N2CCNCC2)CC1. The molecule has 0 aromatic heterocycles. The number of piperidine rings is 1. The van der Waals surface area contributed by atoms with Crippen molar-refractivity contribution >= 4 is 5.91 Å². The maximum absolute atomic E-state index is 12.1.